The second-order valence-electron chi connectivity index (χ2n) is 8.54. The summed E-state index contributed by atoms with van der Waals surface area (Å²) in [4.78, 5) is 33.6. The summed E-state index contributed by atoms with van der Waals surface area (Å²) in [6, 6.07) is 15.8. The van der Waals surface area contributed by atoms with Crippen LogP contribution in [0.15, 0.2) is 85.5 Å². The predicted molar refractivity (Wildman–Crippen MR) is 140 cm³/mol. The fourth-order valence-corrected chi connectivity index (χ4v) is 4.21. The average molecular weight is 473 g/mol. The number of H-pyrrole nitrogens is 2. The van der Waals surface area contributed by atoms with E-state index in [0.29, 0.717) is 5.82 Å². The zero-order chi connectivity index (χ0) is 24.2. The van der Waals surface area contributed by atoms with Crippen molar-refractivity contribution in [2.45, 2.75) is 25.7 Å². The van der Waals surface area contributed by atoms with E-state index in [4.69, 9.17) is 9.97 Å². The number of fused-ring (bicyclic) bond motifs is 2. The summed E-state index contributed by atoms with van der Waals surface area (Å²) in [6.45, 7) is 0. The lowest BCUT2D eigenvalue weighted by molar-refractivity contribution is 0.801. The van der Waals surface area contributed by atoms with Crippen LogP contribution >= 0.6 is 0 Å². The van der Waals surface area contributed by atoms with E-state index in [2.05, 4.69) is 48.1 Å². The molecule has 0 unspecified atom stereocenters. The van der Waals surface area contributed by atoms with Gasteiger partial charge in [0.2, 0.25) is 0 Å². The van der Waals surface area contributed by atoms with Crippen molar-refractivity contribution in [1.29, 1.82) is 0 Å². The van der Waals surface area contributed by atoms with Crippen molar-refractivity contribution < 1.29 is 0 Å². The van der Waals surface area contributed by atoms with Gasteiger partial charge in [-0.2, -0.15) is 0 Å². The summed E-state index contributed by atoms with van der Waals surface area (Å²) in [5.41, 5.74) is 5.88. The third-order valence-corrected chi connectivity index (χ3v) is 5.97. The van der Waals surface area contributed by atoms with Gasteiger partial charge in [-0.1, -0.05) is 12.2 Å². The van der Waals surface area contributed by atoms with E-state index in [1.165, 1.54) is 0 Å². The van der Waals surface area contributed by atoms with Crippen molar-refractivity contribution in [3.63, 3.8) is 0 Å². The Balaban J connectivity index is 1.03. The third kappa shape index (κ3) is 4.74. The van der Waals surface area contributed by atoms with E-state index in [1.54, 1.807) is 24.8 Å². The number of benzene rings is 2. The predicted octanol–water partition coefficient (Wildman–Crippen LogP) is 5.47. The molecule has 2 N–H and O–H groups in total. The van der Waals surface area contributed by atoms with Gasteiger partial charge in [-0.25, -0.2) is 29.9 Å². The molecule has 4 aromatic heterocycles. The molecule has 8 nitrogen and oxygen atoms in total. The highest BCUT2D eigenvalue weighted by atomic mass is 14.9. The van der Waals surface area contributed by atoms with Crippen LogP contribution in [0.2, 0.25) is 0 Å². The van der Waals surface area contributed by atoms with Gasteiger partial charge in [0.05, 0.1) is 22.1 Å². The monoisotopic (exact) mass is 472 g/mol. The molecule has 6 aromatic rings. The Labute approximate surface area is 207 Å². The van der Waals surface area contributed by atoms with E-state index in [-0.39, 0.29) is 0 Å². The molecule has 176 valence electrons. The van der Waals surface area contributed by atoms with Crippen molar-refractivity contribution in [2.75, 3.05) is 0 Å². The molecule has 0 radical (unpaired) electrons. The number of nitrogens with one attached hydrogen (secondary N) is 2. The molecule has 0 bridgehead atoms. The minimum absolute atomic E-state index is 0.713. The molecule has 0 aliphatic carbocycles. The lowest BCUT2D eigenvalue weighted by Crippen LogP contribution is -1.87. The van der Waals surface area contributed by atoms with E-state index in [1.807, 2.05) is 42.5 Å². The van der Waals surface area contributed by atoms with Crippen LogP contribution in [-0.4, -0.2) is 39.9 Å². The minimum Gasteiger partial charge on any atom is -0.342 e. The molecule has 6 rings (SSSR count). The molecule has 0 fully saturated rings. The van der Waals surface area contributed by atoms with Crippen molar-refractivity contribution in [3.8, 4) is 22.8 Å². The maximum Gasteiger partial charge on any atom is 0.159 e. The maximum absolute atomic E-state index is 4.72. The highest BCUT2D eigenvalue weighted by Crippen LogP contribution is 2.22. The number of unbranched alkanes of at least 4 members (excludes halogenated alkanes) is 1. The van der Waals surface area contributed by atoms with Crippen LogP contribution in [0.1, 0.15) is 24.5 Å². The number of aryl methyl sites for hydroxylation is 1. The van der Waals surface area contributed by atoms with Crippen LogP contribution in [-0.2, 0) is 12.8 Å². The number of aromatic amines is 2. The van der Waals surface area contributed by atoms with Crippen molar-refractivity contribution in [1.82, 2.24) is 39.9 Å². The van der Waals surface area contributed by atoms with Crippen LogP contribution < -0.4 is 0 Å². The molecule has 2 aromatic carbocycles. The largest absolute Gasteiger partial charge is 0.342 e. The van der Waals surface area contributed by atoms with Crippen molar-refractivity contribution in [3.05, 3.63) is 97.1 Å². The molecular formula is C28H24N8. The molecule has 8 heteroatoms. The van der Waals surface area contributed by atoms with Crippen molar-refractivity contribution >= 4 is 22.1 Å². The highest BCUT2D eigenvalue weighted by molar-refractivity contribution is 5.81. The first-order valence-corrected chi connectivity index (χ1v) is 12.0. The smallest absolute Gasteiger partial charge is 0.159 e. The lowest BCUT2D eigenvalue weighted by Gasteiger charge is -1.98. The highest BCUT2D eigenvalue weighted by Gasteiger charge is 2.07. The van der Waals surface area contributed by atoms with Crippen LogP contribution in [0.5, 0.6) is 0 Å². The van der Waals surface area contributed by atoms with Gasteiger partial charge in [-0.15, -0.1) is 0 Å². The van der Waals surface area contributed by atoms with Gasteiger partial charge >= 0.3 is 0 Å². The molecule has 0 aliphatic heterocycles. The third-order valence-electron chi connectivity index (χ3n) is 5.97. The average Bonchev–Trinajstić information content (AvgIpc) is 3.54. The molecule has 0 saturated carbocycles. The second-order valence-corrected chi connectivity index (χ2v) is 8.54. The summed E-state index contributed by atoms with van der Waals surface area (Å²) in [5.74, 6) is 3.38. The fraction of sp³-hybridized carbons (Fsp3) is 0.143. The van der Waals surface area contributed by atoms with Gasteiger partial charge in [0.15, 0.2) is 11.6 Å². The van der Waals surface area contributed by atoms with Crippen LogP contribution in [0, 0.1) is 0 Å². The van der Waals surface area contributed by atoms with Crippen molar-refractivity contribution in [2.24, 2.45) is 0 Å². The van der Waals surface area contributed by atoms with E-state index in [0.717, 1.165) is 76.4 Å². The molecule has 0 amide bonds. The topological polar surface area (TPSA) is 109 Å². The number of rotatable bonds is 8. The lowest BCUT2D eigenvalue weighted by atomic mass is 10.2. The number of aromatic nitrogens is 8. The standard InChI is InChI=1S/C28H24N8/c1(3-7-25-33-21-11-9-19(17-23(21)35-25)27-29-13-5-14-30-27)2-4-8-26-34-22-12-10-20(18-24(22)36-26)28-31-15-6-16-32-28/h1,3,5-6,9-18H,2,4,7-8H2,(H,33,35)(H,34,36). The zero-order valence-corrected chi connectivity index (χ0v) is 19.6. The number of imidazole rings is 2. The van der Waals surface area contributed by atoms with Crippen LogP contribution in [0.3, 0.4) is 0 Å². The molecule has 4 heterocycles. The Morgan fingerprint density at radius 2 is 1.19 bits per heavy atom. The van der Waals surface area contributed by atoms with Crippen LogP contribution in [0.25, 0.3) is 44.8 Å². The molecule has 36 heavy (non-hydrogen) atoms. The Morgan fingerprint density at radius 1 is 0.639 bits per heavy atom. The molecule has 0 atom stereocenters. The Morgan fingerprint density at radius 3 is 1.81 bits per heavy atom. The Hall–Kier alpha value is -4.72. The van der Waals surface area contributed by atoms with Gasteiger partial charge in [0.25, 0.3) is 0 Å². The summed E-state index contributed by atoms with van der Waals surface area (Å²) in [7, 11) is 0. The summed E-state index contributed by atoms with van der Waals surface area (Å²) in [6.07, 6.45) is 15.1. The first-order valence-electron chi connectivity index (χ1n) is 12.0. The SMILES string of the molecule is C(=CCc1nc2ccc(-c3ncccn3)cc2[nH]1)CCCc1nc2ccc(-c3ncccn3)cc2[nH]1. The number of nitrogens with zero attached hydrogens (tertiary/aromatic N) is 6. The molecular weight excluding hydrogens is 448 g/mol. The number of allylic oxidation sites excluding steroid dienone is 2. The quantitative estimate of drug-likeness (QED) is 0.224. The van der Waals surface area contributed by atoms with E-state index < -0.39 is 0 Å². The first kappa shape index (κ1) is 21.8. The van der Waals surface area contributed by atoms with Gasteiger partial charge < -0.3 is 9.97 Å². The number of hydrogen-bond donors (Lipinski definition) is 2. The number of hydrogen-bond acceptors (Lipinski definition) is 6. The fourth-order valence-electron chi connectivity index (χ4n) is 4.21. The Kier molecular flexibility index (Phi) is 5.98. The van der Waals surface area contributed by atoms with Gasteiger partial charge in [0, 0.05) is 48.8 Å². The van der Waals surface area contributed by atoms with E-state index in [9.17, 15) is 0 Å². The summed E-state index contributed by atoms with van der Waals surface area (Å²) in [5, 5.41) is 0. The van der Waals surface area contributed by atoms with Gasteiger partial charge in [-0.05, 0) is 61.4 Å². The minimum atomic E-state index is 0.713. The maximum atomic E-state index is 4.72. The second kappa shape index (κ2) is 9.87. The zero-order valence-electron chi connectivity index (χ0n) is 19.6. The summed E-state index contributed by atoms with van der Waals surface area (Å²) < 4.78 is 0. The summed E-state index contributed by atoms with van der Waals surface area (Å²) >= 11 is 0. The first-order chi connectivity index (χ1) is 17.8. The van der Waals surface area contributed by atoms with Gasteiger partial charge in [-0.3, -0.25) is 0 Å². The van der Waals surface area contributed by atoms with Crippen LogP contribution in [0.4, 0.5) is 0 Å². The van der Waals surface area contributed by atoms with Gasteiger partial charge in [0.1, 0.15) is 11.6 Å². The van der Waals surface area contributed by atoms with E-state index >= 15 is 0 Å². The Bertz CT molecular complexity index is 1630. The molecule has 0 spiro atoms. The molecule has 0 aliphatic rings. The molecule has 0 saturated heterocycles. The normalized spacial score (nSPS) is 11.7.